The van der Waals surface area contributed by atoms with E-state index >= 15 is 0 Å². The van der Waals surface area contributed by atoms with Crippen molar-refractivity contribution in [3.63, 3.8) is 0 Å². The molecule has 0 radical (unpaired) electrons. The van der Waals surface area contributed by atoms with Crippen molar-refractivity contribution in [1.29, 1.82) is 0 Å². The number of aromatic nitrogens is 2. The fourth-order valence-corrected chi connectivity index (χ4v) is 5.60. The minimum absolute atomic E-state index is 0.0918. The molecule has 5 rings (SSSR count). The zero-order chi connectivity index (χ0) is 16.0. The molecule has 1 aliphatic rings. The van der Waals surface area contributed by atoms with Gasteiger partial charge in [0.05, 0.1) is 0 Å². The number of thiophene rings is 3. The Morgan fingerprint density at radius 3 is 2.25 bits per heavy atom. The highest BCUT2D eigenvalue weighted by molar-refractivity contribution is 7.08. The Bertz CT molecular complexity index is 940. The minimum Gasteiger partial charge on any atom is -0.281 e. The zero-order valence-electron chi connectivity index (χ0n) is 12.7. The van der Waals surface area contributed by atoms with E-state index in [0.717, 1.165) is 12.1 Å². The topological polar surface area (TPSA) is 28.7 Å². The maximum absolute atomic E-state index is 4.60. The molecule has 0 saturated heterocycles. The van der Waals surface area contributed by atoms with Crippen LogP contribution < -0.4 is 0 Å². The Morgan fingerprint density at radius 1 is 0.917 bits per heavy atom. The molecule has 0 atom stereocenters. The van der Waals surface area contributed by atoms with Crippen molar-refractivity contribution in [2.75, 3.05) is 0 Å². The summed E-state index contributed by atoms with van der Waals surface area (Å²) in [7, 11) is 0. The lowest BCUT2D eigenvalue weighted by atomic mass is 9.70. The summed E-state index contributed by atoms with van der Waals surface area (Å²) in [5.74, 6) is 0. The van der Waals surface area contributed by atoms with Crippen LogP contribution in [0.5, 0.6) is 0 Å². The first-order chi connectivity index (χ1) is 11.9. The van der Waals surface area contributed by atoms with Gasteiger partial charge in [-0.2, -0.15) is 39.1 Å². The molecule has 0 saturated carbocycles. The maximum atomic E-state index is 4.60. The monoisotopic (exact) mass is 366 g/mol. The molecule has 0 spiro atoms. The van der Waals surface area contributed by atoms with E-state index in [9.17, 15) is 0 Å². The van der Waals surface area contributed by atoms with Crippen LogP contribution in [0.1, 0.15) is 22.4 Å². The molecule has 2 nitrogen and oxygen atoms in total. The molecule has 24 heavy (non-hydrogen) atoms. The zero-order valence-corrected chi connectivity index (χ0v) is 15.2. The summed E-state index contributed by atoms with van der Waals surface area (Å²) in [6.07, 6.45) is 5.54. The van der Waals surface area contributed by atoms with E-state index in [1.54, 1.807) is 34.0 Å². The van der Waals surface area contributed by atoms with Gasteiger partial charge in [0.1, 0.15) is 5.69 Å². The van der Waals surface area contributed by atoms with E-state index in [0.29, 0.717) is 0 Å². The molecule has 4 aromatic rings. The predicted molar refractivity (Wildman–Crippen MR) is 104 cm³/mol. The molecule has 0 fully saturated rings. The van der Waals surface area contributed by atoms with Crippen LogP contribution in [0, 0.1) is 0 Å². The molecule has 5 heteroatoms. The number of hydrogen-bond acceptors (Lipinski definition) is 4. The third kappa shape index (κ3) is 2.09. The molecule has 0 unspecified atom stereocenters. The molecule has 1 N–H and O–H groups in total. The van der Waals surface area contributed by atoms with Gasteiger partial charge in [0.25, 0.3) is 0 Å². The van der Waals surface area contributed by atoms with Crippen LogP contribution in [0.2, 0.25) is 0 Å². The summed E-state index contributed by atoms with van der Waals surface area (Å²) in [6, 6.07) is 6.62. The summed E-state index contributed by atoms with van der Waals surface area (Å²) in [4.78, 5) is 0. The van der Waals surface area contributed by atoms with E-state index in [1.165, 1.54) is 27.9 Å². The second-order valence-electron chi connectivity index (χ2n) is 5.98. The number of H-pyrrole nitrogens is 1. The number of rotatable bonds is 3. The quantitative estimate of drug-likeness (QED) is 0.486. The van der Waals surface area contributed by atoms with Gasteiger partial charge < -0.3 is 0 Å². The number of nitrogens with zero attached hydrogens (tertiary/aromatic N) is 1. The molecular formula is C19H14N2S3. The molecule has 1 aliphatic carbocycles. The van der Waals surface area contributed by atoms with Gasteiger partial charge >= 0.3 is 0 Å². The minimum atomic E-state index is -0.0918. The molecule has 4 aromatic heterocycles. The van der Waals surface area contributed by atoms with Gasteiger partial charge in [-0.05, 0) is 56.2 Å². The Kier molecular flexibility index (Phi) is 3.33. The lowest BCUT2D eigenvalue weighted by Crippen LogP contribution is -2.29. The van der Waals surface area contributed by atoms with Crippen LogP contribution >= 0.6 is 34.0 Å². The largest absolute Gasteiger partial charge is 0.281 e. The van der Waals surface area contributed by atoms with E-state index in [2.05, 4.69) is 72.8 Å². The number of hydrogen-bond donors (Lipinski definition) is 1. The Labute approximate surface area is 152 Å². The van der Waals surface area contributed by atoms with Crippen molar-refractivity contribution >= 4 is 40.1 Å². The second-order valence-corrected chi connectivity index (χ2v) is 8.32. The van der Waals surface area contributed by atoms with Crippen LogP contribution in [0.3, 0.4) is 0 Å². The number of aromatic amines is 1. The SMILES string of the molecule is C1=CC(c2ccsc2)(c2ccsc2)Cc2[nH]nc(-c3ccsc3)c21. The fraction of sp³-hybridized carbons (Fsp3) is 0.105. The van der Waals surface area contributed by atoms with Gasteiger partial charge in [-0.25, -0.2) is 0 Å². The molecule has 0 aliphatic heterocycles. The first kappa shape index (κ1) is 14.4. The van der Waals surface area contributed by atoms with Crippen LogP contribution in [0.4, 0.5) is 0 Å². The highest BCUT2D eigenvalue weighted by Gasteiger charge is 2.37. The van der Waals surface area contributed by atoms with Gasteiger partial charge in [-0.15, -0.1) is 0 Å². The molecule has 0 amide bonds. The first-order valence-electron chi connectivity index (χ1n) is 7.71. The summed E-state index contributed by atoms with van der Waals surface area (Å²) in [5, 5.41) is 21.0. The second kappa shape index (κ2) is 5.55. The summed E-state index contributed by atoms with van der Waals surface area (Å²) < 4.78 is 0. The van der Waals surface area contributed by atoms with Crippen LogP contribution in [-0.4, -0.2) is 10.2 Å². The average molecular weight is 367 g/mol. The van der Waals surface area contributed by atoms with E-state index in [-0.39, 0.29) is 5.41 Å². The van der Waals surface area contributed by atoms with Gasteiger partial charge in [0.2, 0.25) is 0 Å². The number of fused-ring (bicyclic) bond motifs is 1. The lowest BCUT2D eigenvalue weighted by molar-refractivity contribution is 0.625. The average Bonchev–Trinajstić information content (AvgIpc) is 3.43. The third-order valence-corrected chi connectivity index (χ3v) is 6.79. The highest BCUT2D eigenvalue weighted by Crippen LogP contribution is 2.44. The van der Waals surface area contributed by atoms with E-state index in [1.807, 2.05) is 0 Å². The van der Waals surface area contributed by atoms with Crippen molar-refractivity contribution in [3.05, 3.63) is 78.9 Å². The van der Waals surface area contributed by atoms with Gasteiger partial charge in [0, 0.05) is 34.0 Å². The van der Waals surface area contributed by atoms with Crippen LogP contribution in [-0.2, 0) is 11.8 Å². The summed E-state index contributed by atoms with van der Waals surface area (Å²) in [6.45, 7) is 0. The van der Waals surface area contributed by atoms with E-state index < -0.39 is 0 Å². The van der Waals surface area contributed by atoms with Gasteiger partial charge in [-0.1, -0.05) is 12.2 Å². The molecule has 118 valence electrons. The first-order valence-corrected chi connectivity index (χ1v) is 10.5. The van der Waals surface area contributed by atoms with Crippen molar-refractivity contribution in [2.24, 2.45) is 0 Å². The number of allylic oxidation sites excluding steroid dienone is 1. The molecular weight excluding hydrogens is 352 g/mol. The molecule has 4 heterocycles. The molecule has 0 aromatic carbocycles. The van der Waals surface area contributed by atoms with Crippen molar-refractivity contribution < 1.29 is 0 Å². The Morgan fingerprint density at radius 2 is 1.62 bits per heavy atom. The smallest absolute Gasteiger partial charge is 0.100 e. The summed E-state index contributed by atoms with van der Waals surface area (Å²) >= 11 is 5.23. The van der Waals surface area contributed by atoms with Crippen LogP contribution in [0.25, 0.3) is 17.3 Å². The van der Waals surface area contributed by atoms with Crippen LogP contribution in [0.15, 0.2) is 56.6 Å². The normalized spacial score (nSPS) is 15.5. The Balaban J connectivity index is 1.66. The van der Waals surface area contributed by atoms with Crippen molar-refractivity contribution in [2.45, 2.75) is 11.8 Å². The molecule has 0 bridgehead atoms. The van der Waals surface area contributed by atoms with Crippen molar-refractivity contribution in [1.82, 2.24) is 10.2 Å². The van der Waals surface area contributed by atoms with Gasteiger partial charge in [-0.3, -0.25) is 5.10 Å². The third-order valence-electron chi connectivity index (χ3n) is 4.74. The highest BCUT2D eigenvalue weighted by atomic mass is 32.1. The lowest BCUT2D eigenvalue weighted by Gasteiger charge is -2.32. The van der Waals surface area contributed by atoms with Gasteiger partial charge in [0.15, 0.2) is 0 Å². The van der Waals surface area contributed by atoms with E-state index in [4.69, 9.17) is 0 Å². The maximum Gasteiger partial charge on any atom is 0.100 e. The predicted octanol–water partition coefficient (Wildman–Crippen LogP) is 5.82. The fourth-order valence-electron chi connectivity index (χ4n) is 3.48. The Hall–Kier alpha value is -1.95. The standard InChI is InChI=1S/C19H14N2S3/c1-5-19(14-3-7-23-11-14,15-4-8-24-12-15)9-17-16(1)18(21-20-17)13-2-6-22-10-13/h1-8,10-12H,9H2,(H,20,21). The summed E-state index contributed by atoms with van der Waals surface area (Å²) in [5.41, 5.74) is 7.34. The van der Waals surface area contributed by atoms with Crippen molar-refractivity contribution in [3.8, 4) is 11.3 Å². The number of nitrogens with one attached hydrogen (secondary N) is 1.